The van der Waals surface area contributed by atoms with Gasteiger partial charge in [-0.25, -0.2) is 0 Å². The summed E-state index contributed by atoms with van der Waals surface area (Å²) in [6.07, 6.45) is 1.78. The average molecular weight is 170 g/mol. The number of unbranched alkanes of at least 4 members (excludes halogenated alkanes) is 1. The van der Waals surface area contributed by atoms with Crippen LogP contribution in [-0.4, -0.2) is 26.2 Å². The molecule has 1 amide bonds. The minimum Gasteiger partial charge on any atom is -0.385 e. The molecule has 0 rings (SSSR count). The number of amides is 1. The van der Waals surface area contributed by atoms with Crippen molar-refractivity contribution < 1.29 is 9.53 Å². The van der Waals surface area contributed by atoms with E-state index in [9.17, 15) is 4.79 Å². The lowest BCUT2D eigenvalue weighted by atomic mass is 10.3. The minimum atomic E-state index is -0.199. The molecule has 0 heterocycles. The third-order valence-electron chi connectivity index (χ3n) is 1.34. The maximum absolute atomic E-state index is 10.7. The van der Waals surface area contributed by atoms with Crippen LogP contribution in [-0.2, 0) is 9.53 Å². The van der Waals surface area contributed by atoms with Crippen molar-refractivity contribution in [1.29, 1.82) is 5.26 Å². The zero-order valence-corrected chi connectivity index (χ0v) is 7.30. The molecule has 0 fully saturated rings. The predicted molar refractivity (Wildman–Crippen MR) is 44.3 cm³/mol. The lowest BCUT2D eigenvalue weighted by molar-refractivity contribution is -0.120. The Balaban J connectivity index is 3.10. The number of hydrogen-bond acceptors (Lipinski definition) is 3. The predicted octanol–water partition coefficient (Wildman–Crippen LogP) is 0.443. The van der Waals surface area contributed by atoms with Gasteiger partial charge in [0.1, 0.15) is 6.42 Å². The van der Waals surface area contributed by atoms with Crippen molar-refractivity contribution in [2.45, 2.75) is 19.3 Å². The van der Waals surface area contributed by atoms with E-state index in [0.717, 1.165) is 12.8 Å². The fourth-order valence-corrected chi connectivity index (χ4v) is 0.734. The molecule has 0 aromatic heterocycles. The lowest BCUT2D eigenvalue weighted by Gasteiger charge is -2.01. The quantitative estimate of drug-likeness (QED) is 0.588. The molecule has 4 nitrogen and oxygen atoms in total. The molecule has 0 radical (unpaired) electrons. The molecule has 0 aliphatic rings. The van der Waals surface area contributed by atoms with E-state index in [2.05, 4.69) is 5.32 Å². The van der Waals surface area contributed by atoms with Gasteiger partial charge in [-0.3, -0.25) is 4.79 Å². The first-order valence-corrected chi connectivity index (χ1v) is 3.94. The fourth-order valence-electron chi connectivity index (χ4n) is 0.734. The van der Waals surface area contributed by atoms with Gasteiger partial charge in [0.15, 0.2) is 0 Å². The third kappa shape index (κ3) is 7.03. The number of methoxy groups -OCH3 is 1. The van der Waals surface area contributed by atoms with Crippen molar-refractivity contribution in [3.05, 3.63) is 0 Å². The second-order valence-corrected chi connectivity index (χ2v) is 2.38. The fraction of sp³-hybridized carbons (Fsp3) is 0.750. The van der Waals surface area contributed by atoms with Crippen molar-refractivity contribution in [1.82, 2.24) is 5.32 Å². The summed E-state index contributed by atoms with van der Waals surface area (Å²) in [4.78, 5) is 10.7. The Kier molecular flexibility index (Phi) is 7.30. The smallest absolute Gasteiger partial charge is 0.234 e. The van der Waals surface area contributed by atoms with Gasteiger partial charge in [-0.2, -0.15) is 5.26 Å². The highest BCUT2D eigenvalue weighted by molar-refractivity contribution is 5.77. The van der Waals surface area contributed by atoms with Gasteiger partial charge in [0, 0.05) is 20.3 Å². The first-order chi connectivity index (χ1) is 5.81. The van der Waals surface area contributed by atoms with E-state index in [-0.39, 0.29) is 12.3 Å². The van der Waals surface area contributed by atoms with Crippen molar-refractivity contribution in [3.63, 3.8) is 0 Å². The molecule has 0 aliphatic carbocycles. The van der Waals surface area contributed by atoms with E-state index in [1.165, 1.54) is 0 Å². The number of nitrogens with one attached hydrogen (secondary N) is 1. The summed E-state index contributed by atoms with van der Waals surface area (Å²) in [5, 5.41) is 10.8. The van der Waals surface area contributed by atoms with Crippen LogP contribution in [0.5, 0.6) is 0 Å². The van der Waals surface area contributed by atoms with Crippen LogP contribution in [0, 0.1) is 11.3 Å². The number of rotatable bonds is 6. The summed E-state index contributed by atoms with van der Waals surface area (Å²) >= 11 is 0. The molecule has 0 saturated heterocycles. The van der Waals surface area contributed by atoms with Crippen LogP contribution >= 0.6 is 0 Å². The number of hydrogen-bond donors (Lipinski definition) is 1. The summed E-state index contributed by atoms with van der Waals surface area (Å²) in [5.41, 5.74) is 0. The van der Waals surface area contributed by atoms with E-state index in [1.54, 1.807) is 13.2 Å². The third-order valence-corrected chi connectivity index (χ3v) is 1.34. The molecule has 68 valence electrons. The SMILES string of the molecule is COCCCCNC(=O)CC#N. The summed E-state index contributed by atoms with van der Waals surface area (Å²) in [7, 11) is 1.65. The largest absolute Gasteiger partial charge is 0.385 e. The van der Waals surface area contributed by atoms with Gasteiger partial charge in [0.2, 0.25) is 5.91 Å². The Labute approximate surface area is 72.5 Å². The van der Waals surface area contributed by atoms with Gasteiger partial charge in [0.25, 0.3) is 0 Å². The molecule has 1 N–H and O–H groups in total. The first kappa shape index (κ1) is 10.9. The molecule has 0 bridgehead atoms. The Morgan fingerprint density at radius 2 is 2.33 bits per heavy atom. The Hall–Kier alpha value is -1.08. The Morgan fingerprint density at radius 3 is 2.92 bits per heavy atom. The molecular formula is C8H14N2O2. The van der Waals surface area contributed by atoms with Crippen LogP contribution in [0.3, 0.4) is 0 Å². The molecule has 0 unspecified atom stereocenters. The van der Waals surface area contributed by atoms with Crippen LogP contribution < -0.4 is 5.32 Å². The monoisotopic (exact) mass is 170 g/mol. The second-order valence-electron chi connectivity index (χ2n) is 2.38. The molecule has 0 spiro atoms. The molecule has 0 saturated carbocycles. The molecular weight excluding hydrogens is 156 g/mol. The van der Waals surface area contributed by atoms with Crippen LogP contribution in [0.2, 0.25) is 0 Å². The summed E-state index contributed by atoms with van der Waals surface area (Å²) < 4.78 is 4.83. The number of nitrogens with zero attached hydrogens (tertiary/aromatic N) is 1. The normalized spacial score (nSPS) is 9.00. The summed E-state index contributed by atoms with van der Waals surface area (Å²) in [6, 6.07) is 1.78. The number of ether oxygens (including phenoxy) is 1. The highest BCUT2D eigenvalue weighted by Crippen LogP contribution is 1.87. The van der Waals surface area contributed by atoms with E-state index in [4.69, 9.17) is 10.00 Å². The topological polar surface area (TPSA) is 62.1 Å². The van der Waals surface area contributed by atoms with Crippen molar-refractivity contribution in [3.8, 4) is 6.07 Å². The first-order valence-electron chi connectivity index (χ1n) is 3.94. The van der Waals surface area contributed by atoms with Gasteiger partial charge in [-0.05, 0) is 12.8 Å². The second kappa shape index (κ2) is 8.02. The number of carbonyl (C=O) groups is 1. The van der Waals surface area contributed by atoms with Crippen molar-refractivity contribution in [2.24, 2.45) is 0 Å². The van der Waals surface area contributed by atoms with Crippen LogP contribution in [0.4, 0.5) is 0 Å². The summed E-state index contributed by atoms with van der Waals surface area (Å²) in [5.74, 6) is -0.199. The standard InChI is InChI=1S/C8H14N2O2/c1-12-7-3-2-6-10-8(11)4-5-9/h2-4,6-7H2,1H3,(H,10,11). The number of nitriles is 1. The van der Waals surface area contributed by atoms with E-state index >= 15 is 0 Å². The zero-order chi connectivity index (χ0) is 9.23. The highest BCUT2D eigenvalue weighted by Gasteiger charge is 1.96. The average Bonchev–Trinajstić information content (AvgIpc) is 2.05. The maximum Gasteiger partial charge on any atom is 0.234 e. The van der Waals surface area contributed by atoms with E-state index in [0.29, 0.717) is 13.2 Å². The Morgan fingerprint density at radius 1 is 1.58 bits per heavy atom. The molecule has 0 atom stereocenters. The van der Waals surface area contributed by atoms with E-state index in [1.807, 2.05) is 0 Å². The van der Waals surface area contributed by atoms with Gasteiger partial charge < -0.3 is 10.1 Å². The summed E-state index contributed by atoms with van der Waals surface area (Å²) in [6.45, 7) is 1.35. The minimum absolute atomic E-state index is 0.0513. The molecule has 0 aromatic rings. The maximum atomic E-state index is 10.7. The zero-order valence-electron chi connectivity index (χ0n) is 7.30. The molecule has 0 aromatic carbocycles. The van der Waals surface area contributed by atoms with E-state index < -0.39 is 0 Å². The van der Waals surface area contributed by atoms with Crippen LogP contribution in [0.15, 0.2) is 0 Å². The van der Waals surface area contributed by atoms with Gasteiger partial charge in [0.05, 0.1) is 6.07 Å². The molecule has 12 heavy (non-hydrogen) atoms. The van der Waals surface area contributed by atoms with Crippen LogP contribution in [0.1, 0.15) is 19.3 Å². The highest BCUT2D eigenvalue weighted by atomic mass is 16.5. The van der Waals surface area contributed by atoms with Gasteiger partial charge >= 0.3 is 0 Å². The Bertz CT molecular complexity index is 163. The van der Waals surface area contributed by atoms with Crippen molar-refractivity contribution in [2.75, 3.05) is 20.3 Å². The number of carbonyl (C=O) groups excluding carboxylic acids is 1. The lowest BCUT2D eigenvalue weighted by Crippen LogP contribution is -2.23. The van der Waals surface area contributed by atoms with Gasteiger partial charge in [-0.15, -0.1) is 0 Å². The van der Waals surface area contributed by atoms with Gasteiger partial charge in [-0.1, -0.05) is 0 Å². The van der Waals surface area contributed by atoms with Crippen LogP contribution in [0.25, 0.3) is 0 Å². The molecule has 0 aliphatic heterocycles. The molecule has 4 heteroatoms. The van der Waals surface area contributed by atoms with Crippen molar-refractivity contribution >= 4 is 5.91 Å².